The Morgan fingerprint density at radius 3 is 2.60 bits per heavy atom. The van der Waals surface area contributed by atoms with E-state index in [0.29, 0.717) is 5.69 Å². The number of hydrogen-bond acceptors (Lipinski definition) is 3. The number of phenols is 1. The third kappa shape index (κ3) is 3.05. The van der Waals surface area contributed by atoms with Gasteiger partial charge in [0, 0.05) is 11.3 Å². The summed E-state index contributed by atoms with van der Waals surface area (Å²) in [6.07, 6.45) is 0. The number of anilines is 1. The zero-order valence-corrected chi connectivity index (χ0v) is 12.1. The van der Waals surface area contributed by atoms with Crippen molar-refractivity contribution >= 4 is 39.7 Å². The van der Waals surface area contributed by atoms with Crippen molar-refractivity contribution in [2.75, 3.05) is 5.32 Å². The van der Waals surface area contributed by atoms with Gasteiger partial charge in [0.05, 0.1) is 5.69 Å². The van der Waals surface area contributed by atoms with Crippen LogP contribution in [-0.4, -0.2) is 16.1 Å². The number of carbonyl (C=O) groups excluding carboxylic acids is 1. The van der Waals surface area contributed by atoms with Gasteiger partial charge < -0.3 is 15.7 Å². The Kier molecular flexibility index (Phi) is 4.20. The quantitative estimate of drug-likeness (QED) is 0.587. The fourth-order valence-corrected chi connectivity index (χ4v) is 2.00. The van der Waals surface area contributed by atoms with E-state index in [1.807, 2.05) is 30.3 Å². The van der Waals surface area contributed by atoms with Crippen LogP contribution in [0.25, 0.3) is 10.8 Å². The van der Waals surface area contributed by atoms with Gasteiger partial charge in [-0.2, -0.15) is 0 Å². The van der Waals surface area contributed by atoms with Crippen LogP contribution in [0.1, 0.15) is 13.8 Å². The van der Waals surface area contributed by atoms with E-state index in [-0.39, 0.29) is 22.7 Å². The molecule has 0 saturated carbocycles. The van der Waals surface area contributed by atoms with E-state index in [0.717, 1.165) is 10.8 Å². The van der Waals surface area contributed by atoms with Crippen molar-refractivity contribution in [3.8, 4) is 5.75 Å². The first-order chi connectivity index (χ1) is 9.49. The minimum atomic E-state index is -0.165. The first kappa shape index (κ1) is 14.3. The van der Waals surface area contributed by atoms with Crippen molar-refractivity contribution < 1.29 is 9.90 Å². The number of carbonyl (C=O) groups is 1. The van der Waals surface area contributed by atoms with Crippen molar-refractivity contribution in [2.24, 2.45) is 5.92 Å². The lowest BCUT2D eigenvalue weighted by atomic mass is 10.1. The molecule has 0 radical (unpaired) electrons. The molecule has 0 heterocycles. The summed E-state index contributed by atoms with van der Waals surface area (Å²) in [6, 6.07) is 11.0. The van der Waals surface area contributed by atoms with Gasteiger partial charge in [0.2, 0.25) is 5.91 Å². The van der Waals surface area contributed by atoms with Crippen LogP contribution in [0.15, 0.2) is 36.4 Å². The Morgan fingerprint density at radius 1 is 1.20 bits per heavy atom. The summed E-state index contributed by atoms with van der Waals surface area (Å²) in [4.78, 5) is 11.6. The molecule has 0 spiro atoms. The molecule has 3 N–H and O–H groups in total. The second kappa shape index (κ2) is 5.88. The first-order valence-corrected chi connectivity index (χ1v) is 6.72. The van der Waals surface area contributed by atoms with Gasteiger partial charge >= 0.3 is 0 Å². The van der Waals surface area contributed by atoms with Crippen LogP contribution in [0.3, 0.4) is 0 Å². The second-order valence-electron chi connectivity index (χ2n) is 4.78. The SMILES string of the molecule is CC(C)C(=O)NC(=S)Nc1c(O)ccc2ccccc12. The Balaban J connectivity index is 2.27. The number of benzene rings is 2. The summed E-state index contributed by atoms with van der Waals surface area (Å²) < 4.78 is 0. The molecule has 0 fully saturated rings. The molecule has 2 rings (SSSR count). The third-order valence-corrected chi connectivity index (χ3v) is 3.11. The summed E-state index contributed by atoms with van der Waals surface area (Å²) in [5, 5.41) is 17.4. The molecule has 0 aliphatic carbocycles. The molecular formula is C15H16N2O2S. The molecule has 4 nitrogen and oxygen atoms in total. The molecule has 0 unspecified atom stereocenters. The number of fused-ring (bicyclic) bond motifs is 1. The van der Waals surface area contributed by atoms with E-state index >= 15 is 0 Å². The van der Waals surface area contributed by atoms with Crippen LogP contribution in [0.2, 0.25) is 0 Å². The van der Waals surface area contributed by atoms with Gasteiger partial charge in [0.25, 0.3) is 0 Å². The molecule has 2 aromatic carbocycles. The van der Waals surface area contributed by atoms with E-state index in [4.69, 9.17) is 12.2 Å². The molecule has 0 aliphatic rings. The predicted molar refractivity (Wildman–Crippen MR) is 84.8 cm³/mol. The summed E-state index contributed by atoms with van der Waals surface area (Å²) in [5.41, 5.74) is 0.497. The smallest absolute Gasteiger partial charge is 0.228 e. The Hall–Kier alpha value is -2.14. The summed E-state index contributed by atoms with van der Waals surface area (Å²) >= 11 is 5.10. The first-order valence-electron chi connectivity index (χ1n) is 6.31. The minimum absolute atomic E-state index is 0.0878. The van der Waals surface area contributed by atoms with E-state index in [2.05, 4.69) is 10.6 Å². The standard InChI is InChI=1S/C15H16N2O2S/c1-9(2)14(19)17-15(20)16-13-11-6-4-3-5-10(11)7-8-12(13)18/h3-9,18H,1-2H3,(H2,16,17,19,20). The lowest BCUT2D eigenvalue weighted by molar-refractivity contribution is -0.122. The molecule has 0 aliphatic heterocycles. The molecule has 0 atom stereocenters. The predicted octanol–water partition coefficient (Wildman–Crippen LogP) is 3.01. The lowest BCUT2D eigenvalue weighted by Crippen LogP contribution is -2.36. The molecule has 0 aromatic heterocycles. The number of nitrogens with one attached hydrogen (secondary N) is 2. The topological polar surface area (TPSA) is 61.4 Å². The fourth-order valence-electron chi connectivity index (χ4n) is 1.79. The second-order valence-corrected chi connectivity index (χ2v) is 5.19. The van der Waals surface area contributed by atoms with Crippen molar-refractivity contribution in [1.82, 2.24) is 5.32 Å². The zero-order valence-electron chi connectivity index (χ0n) is 11.3. The highest BCUT2D eigenvalue weighted by Gasteiger charge is 2.12. The maximum Gasteiger partial charge on any atom is 0.228 e. The van der Waals surface area contributed by atoms with Crippen LogP contribution in [0, 0.1) is 5.92 Å². The lowest BCUT2D eigenvalue weighted by Gasteiger charge is -2.14. The van der Waals surface area contributed by atoms with Crippen LogP contribution in [0.4, 0.5) is 5.69 Å². The van der Waals surface area contributed by atoms with Gasteiger partial charge in [-0.1, -0.05) is 44.2 Å². The molecule has 5 heteroatoms. The van der Waals surface area contributed by atoms with E-state index < -0.39 is 0 Å². The molecule has 1 amide bonds. The van der Waals surface area contributed by atoms with E-state index in [1.54, 1.807) is 19.9 Å². The van der Waals surface area contributed by atoms with Gasteiger partial charge in [-0.3, -0.25) is 4.79 Å². The molecule has 2 aromatic rings. The summed E-state index contributed by atoms with van der Waals surface area (Å²) in [7, 11) is 0. The molecule has 0 bridgehead atoms. The number of amides is 1. The van der Waals surface area contributed by atoms with Crippen molar-refractivity contribution in [3.05, 3.63) is 36.4 Å². The maximum absolute atomic E-state index is 11.6. The zero-order chi connectivity index (χ0) is 14.7. The average Bonchev–Trinajstić information content (AvgIpc) is 2.42. The molecular weight excluding hydrogens is 272 g/mol. The molecule has 104 valence electrons. The Morgan fingerprint density at radius 2 is 1.90 bits per heavy atom. The van der Waals surface area contributed by atoms with Crippen molar-refractivity contribution in [1.29, 1.82) is 0 Å². The van der Waals surface area contributed by atoms with E-state index in [1.165, 1.54) is 0 Å². The highest BCUT2D eigenvalue weighted by atomic mass is 32.1. The fraction of sp³-hybridized carbons (Fsp3) is 0.200. The third-order valence-electron chi connectivity index (χ3n) is 2.91. The minimum Gasteiger partial charge on any atom is -0.506 e. The largest absolute Gasteiger partial charge is 0.506 e. The molecule has 20 heavy (non-hydrogen) atoms. The van der Waals surface area contributed by atoms with Crippen LogP contribution in [0.5, 0.6) is 5.75 Å². The number of phenolic OH excluding ortho intramolecular Hbond substituents is 1. The maximum atomic E-state index is 11.6. The van der Waals surface area contributed by atoms with E-state index in [9.17, 15) is 9.90 Å². The number of rotatable bonds is 2. The van der Waals surface area contributed by atoms with Crippen molar-refractivity contribution in [3.63, 3.8) is 0 Å². The van der Waals surface area contributed by atoms with Crippen LogP contribution < -0.4 is 10.6 Å². The number of hydrogen-bond donors (Lipinski definition) is 3. The highest BCUT2D eigenvalue weighted by Crippen LogP contribution is 2.32. The van der Waals surface area contributed by atoms with Gasteiger partial charge in [-0.25, -0.2) is 0 Å². The number of aromatic hydroxyl groups is 1. The monoisotopic (exact) mass is 288 g/mol. The highest BCUT2D eigenvalue weighted by molar-refractivity contribution is 7.80. The summed E-state index contributed by atoms with van der Waals surface area (Å²) in [5.74, 6) is -0.233. The van der Waals surface area contributed by atoms with Gasteiger partial charge in [0.15, 0.2) is 5.11 Å². The van der Waals surface area contributed by atoms with Gasteiger partial charge in [0.1, 0.15) is 5.75 Å². The van der Waals surface area contributed by atoms with Crippen molar-refractivity contribution in [2.45, 2.75) is 13.8 Å². The van der Waals surface area contributed by atoms with Gasteiger partial charge in [-0.15, -0.1) is 0 Å². The normalized spacial score (nSPS) is 10.6. The Bertz CT molecular complexity index is 668. The Labute approximate surface area is 122 Å². The van der Waals surface area contributed by atoms with Gasteiger partial charge in [-0.05, 0) is 23.7 Å². The average molecular weight is 288 g/mol. The molecule has 0 saturated heterocycles. The number of thiocarbonyl (C=S) groups is 1. The summed E-state index contributed by atoms with van der Waals surface area (Å²) in [6.45, 7) is 3.57. The van der Waals surface area contributed by atoms with Crippen LogP contribution >= 0.6 is 12.2 Å². The van der Waals surface area contributed by atoms with Crippen LogP contribution in [-0.2, 0) is 4.79 Å².